The van der Waals surface area contributed by atoms with Crippen LogP contribution in [0.2, 0.25) is 0 Å². The smallest absolute Gasteiger partial charge is 0.317 e. The van der Waals surface area contributed by atoms with Crippen molar-refractivity contribution >= 4 is 0 Å². The van der Waals surface area contributed by atoms with Gasteiger partial charge in [0.2, 0.25) is 0 Å². The molecule has 3 aliphatic rings. The SMILES string of the molecule is FC1CC(F)C(C(F)(F)OC2CCC(C3CC(F)C(F)C(F)C3)CC2)C(F)C1. The second kappa shape index (κ2) is 8.64. The van der Waals surface area contributed by atoms with E-state index in [-0.39, 0.29) is 37.5 Å². The van der Waals surface area contributed by atoms with Crippen LogP contribution in [-0.2, 0) is 4.74 Å². The van der Waals surface area contributed by atoms with Crippen LogP contribution in [-0.4, -0.2) is 49.2 Å². The van der Waals surface area contributed by atoms with Crippen LogP contribution in [0.4, 0.5) is 35.1 Å². The lowest BCUT2D eigenvalue weighted by molar-refractivity contribution is -0.319. The minimum atomic E-state index is -4.06. The van der Waals surface area contributed by atoms with Crippen LogP contribution in [0.5, 0.6) is 0 Å². The van der Waals surface area contributed by atoms with Crippen LogP contribution in [0.25, 0.3) is 0 Å². The fourth-order valence-corrected chi connectivity index (χ4v) is 5.05. The molecule has 0 aromatic heterocycles. The molecule has 4 unspecified atom stereocenters. The molecule has 3 saturated carbocycles. The third-order valence-corrected chi connectivity index (χ3v) is 6.59. The quantitative estimate of drug-likeness (QED) is 0.505. The lowest BCUT2D eigenvalue weighted by Crippen LogP contribution is -2.50. The monoisotopic (exact) mass is 422 g/mol. The first-order valence-electron chi connectivity index (χ1n) is 9.98. The molecule has 3 fully saturated rings. The Labute approximate surface area is 159 Å². The standard InChI is InChI=1S/C19H26F8O/c20-11-7-13(21)17(14(22)8-11)19(26,27)28-12-3-1-9(2-4-12)10-5-15(23)18(25)16(24)6-10/h9-18H,1-8H2. The van der Waals surface area contributed by atoms with E-state index >= 15 is 0 Å². The van der Waals surface area contributed by atoms with Gasteiger partial charge in [-0.15, -0.1) is 0 Å². The van der Waals surface area contributed by atoms with Crippen molar-refractivity contribution in [3.63, 3.8) is 0 Å². The van der Waals surface area contributed by atoms with Gasteiger partial charge in [-0.05, 0) is 50.4 Å². The summed E-state index contributed by atoms with van der Waals surface area (Å²) >= 11 is 0. The normalized spacial score (nSPS) is 48.4. The van der Waals surface area contributed by atoms with Crippen molar-refractivity contribution in [2.24, 2.45) is 17.8 Å². The highest BCUT2D eigenvalue weighted by Gasteiger charge is 2.55. The van der Waals surface area contributed by atoms with Gasteiger partial charge in [-0.2, -0.15) is 8.78 Å². The zero-order valence-electron chi connectivity index (χ0n) is 15.4. The zero-order valence-corrected chi connectivity index (χ0v) is 15.4. The second-order valence-electron chi connectivity index (χ2n) is 8.55. The lowest BCUT2D eigenvalue weighted by Gasteiger charge is -2.41. The van der Waals surface area contributed by atoms with Gasteiger partial charge in [-0.1, -0.05) is 0 Å². The van der Waals surface area contributed by atoms with Crippen molar-refractivity contribution in [3.8, 4) is 0 Å². The van der Waals surface area contributed by atoms with Gasteiger partial charge in [0.05, 0.1) is 6.10 Å². The molecule has 3 aliphatic carbocycles. The van der Waals surface area contributed by atoms with Crippen molar-refractivity contribution in [2.45, 2.75) is 101 Å². The minimum Gasteiger partial charge on any atom is -0.317 e. The Hall–Kier alpha value is -0.600. The van der Waals surface area contributed by atoms with Crippen LogP contribution >= 0.6 is 0 Å². The highest BCUT2D eigenvalue weighted by Crippen LogP contribution is 2.45. The molecule has 1 nitrogen and oxygen atoms in total. The van der Waals surface area contributed by atoms with Crippen LogP contribution in [0.1, 0.15) is 51.4 Å². The third kappa shape index (κ3) is 4.75. The molecule has 0 amide bonds. The van der Waals surface area contributed by atoms with E-state index in [1.807, 2.05) is 0 Å². The van der Waals surface area contributed by atoms with Crippen LogP contribution in [0, 0.1) is 17.8 Å². The van der Waals surface area contributed by atoms with Crippen molar-refractivity contribution in [3.05, 3.63) is 0 Å². The fraction of sp³-hybridized carbons (Fsp3) is 1.00. The molecule has 28 heavy (non-hydrogen) atoms. The Balaban J connectivity index is 1.52. The zero-order chi connectivity index (χ0) is 20.6. The van der Waals surface area contributed by atoms with E-state index in [0.717, 1.165) is 0 Å². The van der Waals surface area contributed by atoms with Gasteiger partial charge in [0.15, 0.2) is 6.17 Å². The average Bonchev–Trinajstić information content (AvgIpc) is 2.58. The first-order valence-corrected chi connectivity index (χ1v) is 9.98. The molecule has 4 atom stereocenters. The number of alkyl halides is 8. The summed E-state index contributed by atoms with van der Waals surface area (Å²) in [6.45, 7) is 0. The molecule has 0 radical (unpaired) electrons. The van der Waals surface area contributed by atoms with Gasteiger partial charge >= 0.3 is 6.11 Å². The molecule has 0 bridgehead atoms. The minimum absolute atomic E-state index is 0.0898. The maximum Gasteiger partial charge on any atom is 0.364 e. The van der Waals surface area contributed by atoms with Gasteiger partial charge in [0.1, 0.15) is 36.8 Å². The van der Waals surface area contributed by atoms with Gasteiger partial charge in [-0.3, -0.25) is 0 Å². The summed E-state index contributed by atoms with van der Waals surface area (Å²) in [5, 5.41) is 0. The van der Waals surface area contributed by atoms with Crippen LogP contribution in [0.15, 0.2) is 0 Å². The predicted octanol–water partition coefficient (Wildman–Crippen LogP) is 6.00. The molecule has 0 aliphatic heterocycles. The van der Waals surface area contributed by atoms with Gasteiger partial charge in [-0.25, -0.2) is 26.3 Å². The molecule has 0 heterocycles. The maximum atomic E-state index is 14.4. The molecule has 0 N–H and O–H groups in total. The van der Waals surface area contributed by atoms with E-state index < -0.39 is 68.0 Å². The van der Waals surface area contributed by atoms with Crippen LogP contribution in [0.3, 0.4) is 0 Å². The largest absolute Gasteiger partial charge is 0.364 e. The Kier molecular flexibility index (Phi) is 6.82. The number of rotatable bonds is 4. The van der Waals surface area contributed by atoms with Gasteiger partial charge < -0.3 is 4.74 Å². The van der Waals surface area contributed by atoms with E-state index in [9.17, 15) is 35.1 Å². The molecule has 164 valence electrons. The number of hydrogen-bond acceptors (Lipinski definition) is 1. The van der Waals surface area contributed by atoms with E-state index in [1.165, 1.54) is 0 Å². The topological polar surface area (TPSA) is 9.23 Å². The van der Waals surface area contributed by atoms with Gasteiger partial charge in [0.25, 0.3) is 0 Å². The summed E-state index contributed by atoms with van der Waals surface area (Å²) < 4.78 is 115. The molecule has 0 aromatic carbocycles. The Morgan fingerprint density at radius 3 is 1.61 bits per heavy atom. The van der Waals surface area contributed by atoms with E-state index in [0.29, 0.717) is 12.8 Å². The van der Waals surface area contributed by atoms with Crippen molar-refractivity contribution in [1.29, 1.82) is 0 Å². The molecular weight excluding hydrogens is 396 g/mol. The summed E-state index contributed by atoms with van der Waals surface area (Å²) in [5.74, 6) is -2.82. The fourth-order valence-electron chi connectivity index (χ4n) is 5.05. The van der Waals surface area contributed by atoms with E-state index in [2.05, 4.69) is 0 Å². The van der Waals surface area contributed by atoms with Crippen molar-refractivity contribution < 1.29 is 39.9 Å². The van der Waals surface area contributed by atoms with Crippen LogP contribution < -0.4 is 0 Å². The molecule has 9 heteroatoms. The number of halogens is 8. The average molecular weight is 422 g/mol. The Morgan fingerprint density at radius 1 is 0.607 bits per heavy atom. The summed E-state index contributed by atoms with van der Waals surface area (Å²) in [6.07, 6.45) is -17.9. The summed E-state index contributed by atoms with van der Waals surface area (Å²) in [7, 11) is 0. The summed E-state index contributed by atoms with van der Waals surface area (Å²) in [4.78, 5) is 0. The predicted molar refractivity (Wildman–Crippen MR) is 86.6 cm³/mol. The second-order valence-corrected chi connectivity index (χ2v) is 8.55. The summed E-state index contributed by atoms with van der Waals surface area (Å²) in [5.41, 5.74) is 0. The summed E-state index contributed by atoms with van der Waals surface area (Å²) in [6, 6.07) is 0. The van der Waals surface area contributed by atoms with Crippen molar-refractivity contribution in [2.75, 3.05) is 0 Å². The number of hydrogen-bond donors (Lipinski definition) is 0. The molecule has 3 rings (SSSR count). The van der Waals surface area contributed by atoms with E-state index in [1.54, 1.807) is 0 Å². The first-order chi connectivity index (χ1) is 13.1. The molecular formula is C19H26F8O. The third-order valence-electron chi connectivity index (χ3n) is 6.59. The number of ether oxygens (including phenoxy) is 1. The highest BCUT2D eigenvalue weighted by molar-refractivity contribution is 4.93. The first kappa shape index (κ1) is 22.1. The Morgan fingerprint density at radius 2 is 1.11 bits per heavy atom. The van der Waals surface area contributed by atoms with Crippen molar-refractivity contribution in [1.82, 2.24) is 0 Å². The maximum absolute atomic E-state index is 14.4. The molecule has 0 saturated heterocycles. The van der Waals surface area contributed by atoms with Gasteiger partial charge in [0, 0.05) is 12.8 Å². The highest BCUT2D eigenvalue weighted by atomic mass is 19.3. The van der Waals surface area contributed by atoms with E-state index in [4.69, 9.17) is 4.74 Å². The molecule has 0 aromatic rings. The Bertz CT molecular complexity index is 488. The lowest BCUT2D eigenvalue weighted by atomic mass is 9.71. The molecule has 0 spiro atoms.